The number of fused-ring (bicyclic) bond motifs is 6. The number of rotatable bonds is 7. The monoisotopic (exact) mass is 808 g/mol. The molecular formula is C57H36N4S. The molecule has 12 aromatic rings. The molecule has 0 aliphatic carbocycles. The van der Waals surface area contributed by atoms with Crippen molar-refractivity contribution in [2.75, 3.05) is 0 Å². The molecule has 4 nitrogen and oxygen atoms in total. The van der Waals surface area contributed by atoms with Crippen molar-refractivity contribution < 1.29 is 0 Å². The van der Waals surface area contributed by atoms with Gasteiger partial charge in [0, 0.05) is 47.6 Å². The van der Waals surface area contributed by atoms with E-state index in [9.17, 15) is 0 Å². The summed E-state index contributed by atoms with van der Waals surface area (Å²) in [5, 5.41) is 4.98. The van der Waals surface area contributed by atoms with Gasteiger partial charge >= 0.3 is 0 Å². The first-order valence-corrected chi connectivity index (χ1v) is 21.7. The van der Waals surface area contributed by atoms with Crippen LogP contribution in [0.3, 0.4) is 0 Å². The molecule has 0 unspecified atom stereocenters. The van der Waals surface area contributed by atoms with Crippen molar-refractivity contribution in [1.29, 1.82) is 0 Å². The van der Waals surface area contributed by atoms with Crippen LogP contribution in [0.15, 0.2) is 218 Å². The normalized spacial score (nSPS) is 11.5. The average molecular weight is 809 g/mol. The number of nitrogens with zero attached hydrogens (tertiary/aromatic N) is 4. The zero-order valence-electron chi connectivity index (χ0n) is 33.5. The molecule has 12 rings (SSSR count). The van der Waals surface area contributed by atoms with E-state index in [2.05, 4.69) is 205 Å². The van der Waals surface area contributed by atoms with Gasteiger partial charge in [-0.15, -0.1) is 11.3 Å². The Kier molecular flexibility index (Phi) is 8.65. The lowest BCUT2D eigenvalue weighted by Gasteiger charge is -2.17. The molecular weight excluding hydrogens is 773 g/mol. The Labute approximate surface area is 362 Å². The fourth-order valence-corrected chi connectivity index (χ4v) is 10.1. The van der Waals surface area contributed by atoms with Gasteiger partial charge in [-0.1, -0.05) is 176 Å². The highest BCUT2D eigenvalue weighted by atomic mass is 32.1. The van der Waals surface area contributed by atoms with Crippen LogP contribution in [-0.2, 0) is 0 Å². The van der Waals surface area contributed by atoms with Crippen LogP contribution in [0.1, 0.15) is 0 Å². The predicted octanol–water partition coefficient (Wildman–Crippen LogP) is 15.3. The standard InChI is InChI=1S/C57H36N4S/c1-4-16-37(17-5-1)40-28-33-48(52(35-40)61-50-25-13-10-22-44(50)45-23-11-14-26-51(45)61)57-59-55(39-20-8-3-9-21-39)58-56(60-57)42-30-31-43(49(34-42)38-18-6-2-7-19-38)41-29-32-47-46-24-12-15-27-53(46)62-54(47)36-41/h1-36H. The van der Waals surface area contributed by atoms with Gasteiger partial charge in [-0.25, -0.2) is 15.0 Å². The molecule has 62 heavy (non-hydrogen) atoms. The van der Waals surface area contributed by atoms with E-state index in [1.807, 2.05) is 29.5 Å². The molecule has 9 aromatic carbocycles. The number of hydrogen-bond acceptors (Lipinski definition) is 4. The summed E-state index contributed by atoms with van der Waals surface area (Å²) >= 11 is 1.84. The van der Waals surface area contributed by atoms with Crippen LogP contribution in [0.25, 0.3) is 115 Å². The van der Waals surface area contributed by atoms with Crippen molar-refractivity contribution in [3.63, 3.8) is 0 Å². The maximum atomic E-state index is 5.40. The molecule has 0 fully saturated rings. The van der Waals surface area contributed by atoms with Crippen LogP contribution in [0, 0.1) is 0 Å². The van der Waals surface area contributed by atoms with Crippen LogP contribution in [-0.4, -0.2) is 19.5 Å². The Morgan fingerprint density at radius 3 is 1.52 bits per heavy atom. The zero-order chi connectivity index (χ0) is 41.0. The third-order valence-electron chi connectivity index (χ3n) is 11.9. The predicted molar refractivity (Wildman–Crippen MR) is 260 cm³/mol. The summed E-state index contributed by atoms with van der Waals surface area (Å²) in [5.74, 6) is 1.83. The minimum absolute atomic E-state index is 0.603. The molecule has 0 N–H and O–H groups in total. The van der Waals surface area contributed by atoms with Crippen molar-refractivity contribution in [3.8, 4) is 73.2 Å². The van der Waals surface area contributed by atoms with Crippen molar-refractivity contribution in [1.82, 2.24) is 19.5 Å². The van der Waals surface area contributed by atoms with Gasteiger partial charge in [0.1, 0.15) is 0 Å². The van der Waals surface area contributed by atoms with E-state index >= 15 is 0 Å². The Hall–Kier alpha value is -7.99. The third-order valence-corrected chi connectivity index (χ3v) is 13.0. The molecule has 0 saturated carbocycles. The highest BCUT2D eigenvalue weighted by Crippen LogP contribution is 2.42. The molecule has 0 aliphatic heterocycles. The molecule has 290 valence electrons. The lowest BCUT2D eigenvalue weighted by molar-refractivity contribution is 1.06. The minimum Gasteiger partial charge on any atom is -0.308 e. The first-order valence-electron chi connectivity index (χ1n) is 20.8. The minimum atomic E-state index is 0.603. The lowest BCUT2D eigenvalue weighted by atomic mass is 9.92. The Balaban J connectivity index is 1.09. The first kappa shape index (κ1) is 35.9. The average Bonchev–Trinajstić information content (AvgIpc) is 3.90. The Morgan fingerprint density at radius 2 is 0.806 bits per heavy atom. The summed E-state index contributed by atoms with van der Waals surface area (Å²) in [6, 6.07) is 77.5. The van der Waals surface area contributed by atoms with Gasteiger partial charge in [0.05, 0.1) is 16.7 Å². The molecule has 0 bridgehead atoms. The third kappa shape index (κ3) is 6.18. The Bertz CT molecular complexity index is 3580. The summed E-state index contributed by atoms with van der Waals surface area (Å²) in [5.41, 5.74) is 12.8. The fourth-order valence-electron chi connectivity index (χ4n) is 8.92. The van der Waals surface area contributed by atoms with Gasteiger partial charge in [-0.3, -0.25) is 0 Å². The van der Waals surface area contributed by atoms with E-state index in [4.69, 9.17) is 15.0 Å². The molecule has 0 saturated heterocycles. The highest BCUT2D eigenvalue weighted by Gasteiger charge is 2.21. The first-order chi connectivity index (χ1) is 30.7. The molecule has 3 aromatic heterocycles. The summed E-state index contributed by atoms with van der Waals surface area (Å²) in [6.45, 7) is 0. The SMILES string of the molecule is c1ccc(-c2ccc(-c3nc(-c4ccccc4)nc(-c4ccc(-c5ccc6c(c5)sc5ccccc56)c(-c5ccccc5)c4)n3)c(-n3c4ccccc4c4ccccc43)c2)cc1. The fraction of sp³-hybridized carbons (Fsp3) is 0. The van der Waals surface area contributed by atoms with Crippen LogP contribution in [0.2, 0.25) is 0 Å². The van der Waals surface area contributed by atoms with E-state index in [1.165, 1.54) is 36.5 Å². The van der Waals surface area contributed by atoms with Crippen LogP contribution < -0.4 is 0 Å². The van der Waals surface area contributed by atoms with Gasteiger partial charge < -0.3 is 4.57 Å². The second-order valence-electron chi connectivity index (χ2n) is 15.6. The maximum Gasteiger partial charge on any atom is 0.166 e. The van der Waals surface area contributed by atoms with Gasteiger partial charge in [0.2, 0.25) is 0 Å². The highest BCUT2D eigenvalue weighted by molar-refractivity contribution is 7.25. The second kappa shape index (κ2) is 14.9. The number of benzene rings is 9. The summed E-state index contributed by atoms with van der Waals surface area (Å²) in [4.78, 5) is 15.9. The quantitative estimate of drug-likeness (QED) is 0.161. The molecule has 0 aliphatic rings. The van der Waals surface area contributed by atoms with Crippen molar-refractivity contribution in [2.24, 2.45) is 0 Å². The van der Waals surface area contributed by atoms with E-state index in [1.54, 1.807) is 0 Å². The molecule has 5 heteroatoms. The summed E-state index contributed by atoms with van der Waals surface area (Å²) in [6.07, 6.45) is 0. The van der Waals surface area contributed by atoms with E-state index in [0.29, 0.717) is 17.5 Å². The summed E-state index contributed by atoms with van der Waals surface area (Å²) < 4.78 is 4.95. The van der Waals surface area contributed by atoms with E-state index in [-0.39, 0.29) is 0 Å². The van der Waals surface area contributed by atoms with Gasteiger partial charge in [-0.05, 0) is 75.8 Å². The number of hydrogen-bond donors (Lipinski definition) is 0. The molecule has 0 atom stereocenters. The number of thiophene rings is 1. The summed E-state index contributed by atoms with van der Waals surface area (Å²) in [7, 11) is 0. The van der Waals surface area contributed by atoms with Gasteiger partial charge in [0.15, 0.2) is 17.5 Å². The van der Waals surface area contributed by atoms with Gasteiger partial charge in [-0.2, -0.15) is 0 Å². The maximum absolute atomic E-state index is 5.40. The number of aromatic nitrogens is 4. The van der Waals surface area contributed by atoms with Crippen molar-refractivity contribution >= 4 is 53.3 Å². The molecule has 0 amide bonds. The van der Waals surface area contributed by atoms with E-state index in [0.717, 1.165) is 61.2 Å². The van der Waals surface area contributed by atoms with Crippen molar-refractivity contribution in [2.45, 2.75) is 0 Å². The topological polar surface area (TPSA) is 43.6 Å². The zero-order valence-corrected chi connectivity index (χ0v) is 34.3. The molecule has 0 spiro atoms. The number of para-hydroxylation sites is 2. The Morgan fingerprint density at radius 1 is 0.290 bits per heavy atom. The second-order valence-corrected chi connectivity index (χ2v) is 16.7. The molecule has 3 heterocycles. The smallest absolute Gasteiger partial charge is 0.166 e. The van der Waals surface area contributed by atoms with Gasteiger partial charge in [0.25, 0.3) is 0 Å². The largest absolute Gasteiger partial charge is 0.308 e. The van der Waals surface area contributed by atoms with Crippen LogP contribution in [0.5, 0.6) is 0 Å². The van der Waals surface area contributed by atoms with Crippen LogP contribution >= 0.6 is 11.3 Å². The van der Waals surface area contributed by atoms with Crippen LogP contribution in [0.4, 0.5) is 0 Å². The molecule has 0 radical (unpaired) electrons. The lowest BCUT2D eigenvalue weighted by Crippen LogP contribution is -2.04. The van der Waals surface area contributed by atoms with E-state index < -0.39 is 0 Å². The van der Waals surface area contributed by atoms with Crippen molar-refractivity contribution in [3.05, 3.63) is 218 Å².